The highest BCUT2D eigenvalue weighted by atomic mass is 35.5. The number of esters is 1. The summed E-state index contributed by atoms with van der Waals surface area (Å²) in [5, 5.41) is 2.80. The summed E-state index contributed by atoms with van der Waals surface area (Å²) in [5.74, 6) is -2.64. The molecule has 0 fully saturated rings. The summed E-state index contributed by atoms with van der Waals surface area (Å²) < 4.78 is 50.4. The van der Waals surface area contributed by atoms with E-state index in [-0.39, 0.29) is 16.7 Å². The lowest BCUT2D eigenvalue weighted by Crippen LogP contribution is -2.25. The number of imidazole rings is 1. The first-order chi connectivity index (χ1) is 14.2. The lowest BCUT2D eigenvalue weighted by molar-refractivity contribution is -0.152. The van der Waals surface area contributed by atoms with Gasteiger partial charge in [-0.25, -0.2) is 4.98 Å². The van der Waals surface area contributed by atoms with E-state index in [0.29, 0.717) is 15.3 Å². The van der Waals surface area contributed by atoms with Crippen LogP contribution in [0.4, 0.5) is 18.9 Å². The van der Waals surface area contributed by atoms with Gasteiger partial charge in [-0.15, -0.1) is 0 Å². The molecular weight excluding hydrogens is 427 g/mol. The van der Waals surface area contributed by atoms with Crippen molar-refractivity contribution in [3.8, 4) is 5.75 Å². The van der Waals surface area contributed by atoms with Gasteiger partial charge in [0.1, 0.15) is 12.3 Å². The number of amides is 1. The largest absolute Gasteiger partial charge is 0.495 e. The molecule has 3 aromatic rings. The van der Waals surface area contributed by atoms with Crippen molar-refractivity contribution in [1.82, 2.24) is 9.55 Å². The number of alkyl halides is 3. The Morgan fingerprint density at radius 1 is 1.20 bits per heavy atom. The molecule has 0 unspecified atom stereocenters. The van der Waals surface area contributed by atoms with E-state index < -0.39 is 37.0 Å². The molecule has 0 aliphatic carbocycles. The van der Waals surface area contributed by atoms with E-state index in [1.54, 1.807) is 6.07 Å². The van der Waals surface area contributed by atoms with Crippen LogP contribution in [0.25, 0.3) is 11.0 Å². The second-order valence-corrected chi connectivity index (χ2v) is 6.50. The highest BCUT2D eigenvalue weighted by Gasteiger charge is 2.38. The summed E-state index contributed by atoms with van der Waals surface area (Å²) in [6.45, 7) is -1.47. The number of anilines is 1. The number of nitrogens with zero attached hydrogens (tertiary/aromatic N) is 2. The van der Waals surface area contributed by atoms with Crippen molar-refractivity contribution in [3.63, 3.8) is 0 Å². The number of hydrogen-bond acceptors (Lipinski definition) is 5. The van der Waals surface area contributed by atoms with E-state index >= 15 is 0 Å². The fourth-order valence-electron chi connectivity index (χ4n) is 2.74. The number of carbonyl (C=O) groups excluding carboxylic acids is 2. The summed E-state index contributed by atoms with van der Waals surface area (Å²) in [6.07, 6.45) is -4.76. The van der Waals surface area contributed by atoms with Crippen molar-refractivity contribution in [2.75, 3.05) is 19.0 Å². The third-order valence-electron chi connectivity index (χ3n) is 4.00. The number of para-hydroxylation sites is 2. The summed E-state index contributed by atoms with van der Waals surface area (Å²) >= 11 is 5.87. The fourth-order valence-corrected chi connectivity index (χ4v) is 2.91. The molecule has 0 saturated carbocycles. The zero-order chi connectivity index (χ0) is 21.9. The van der Waals surface area contributed by atoms with Crippen LogP contribution in [0.2, 0.25) is 5.02 Å². The summed E-state index contributed by atoms with van der Waals surface area (Å²) in [6, 6.07) is 10.4. The van der Waals surface area contributed by atoms with E-state index in [1.807, 2.05) is 0 Å². The molecule has 0 saturated heterocycles. The third-order valence-corrected chi connectivity index (χ3v) is 4.23. The van der Waals surface area contributed by atoms with Crippen LogP contribution in [0.3, 0.4) is 0 Å². The van der Waals surface area contributed by atoms with E-state index in [2.05, 4.69) is 10.3 Å². The van der Waals surface area contributed by atoms with Gasteiger partial charge in [-0.05, 0) is 30.3 Å². The molecule has 11 heteroatoms. The van der Waals surface area contributed by atoms with Crippen LogP contribution in [0.5, 0.6) is 5.75 Å². The number of rotatable bonds is 6. The molecule has 1 heterocycles. The van der Waals surface area contributed by atoms with Crippen LogP contribution in [-0.4, -0.2) is 35.1 Å². The average molecular weight is 442 g/mol. The molecule has 2 aromatic carbocycles. The quantitative estimate of drug-likeness (QED) is 0.587. The lowest BCUT2D eigenvalue weighted by Gasteiger charge is -2.12. The molecule has 7 nitrogen and oxygen atoms in total. The third kappa shape index (κ3) is 4.82. The molecule has 0 radical (unpaired) electrons. The van der Waals surface area contributed by atoms with Gasteiger partial charge in [0.05, 0.1) is 23.8 Å². The number of ether oxygens (including phenoxy) is 2. The number of benzene rings is 2. The standard InChI is InChI=1S/C19H15ClF3N3O4/c1-29-15-7-6-11(20)8-13(15)24-16(27)10-30-17(28)9-26-14-5-3-2-4-12(14)25-18(26)19(21,22)23/h2-8H,9-10H2,1H3,(H,24,27). The van der Waals surface area contributed by atoms with Crippen LogP contribution >= 0.6 is 11.6 Å². The fraction of sp³-hybridized carbons (Fsp3) is 0.211. The minimum atomic E-state index is -4.76. The van der Waals surface area contributed by atoms with Crippen LogP contribution in [0.1, 0.15) is 5.82 Å². The van der Waals surface area contributed by atoms with Gasteiger partial charge in [-0.1, -0.05) is 23.7 Å². The maximum atomic E-state index is 13.3. The molecule has 30 heavy (non-hydrogen) atoms. The first-order valence-electron chi connectivity index (χ1n) is 8.50. The van der Waals surface area contributed by atoms with Crippen LogP contribution in [0, 0.1) is 0 Å². The average Bonchev–Trinajstić information content (AvgIpc) is 3.06. The maximum Gasteiger partial charge on any atom is 0.449 e. The monoisotopic (exact) mass is 441 g/mol. The van der Waals surface area contributed by atoms with E-state index in [0.717, 1.165) is 0 Å². The topological polar surface area (TPSA) is 82.5 Å². The van der Waals surface area contributed by atoms with Gasteiger partial charge in [-0.2, -0.15) is 13.2 Å². The molecule has 3 rings (SSSR count). The highest BCUT2D eigenvalue weighted by Crippen LogP contribution is 2.31. The Kier molecular flexibility index (Phi) is 6.16. The van der Waals surface area contributed by atoms with Crippen molar-refractivity contribution in [2.45, 2.75) is 12.7 Å². The Hall–Kier alpha value is -3.27. The Bertz CT molecular complexity index is 1100. The van der Waals surface area contributed by atoms with Gasteiger partial charge in [0.15, 0.2) is 6.61 Å². The molecule has 0 atom stereocenters. The maximum absolute atomic E-state index is 13.3. The lowest BCUT2D eigenvalue weighted by atomic mass is 10.3. The number of methoxy groups -OCH3 is 1. The van der Waals surface area contributed by atoms with Crippen molar-refractivity contribution in [3.05, 3.63) is 53.3 Å². The zero-order valence-corrected chi connectivity index (χ0v) is 16.3. The first-order valence-corrected chi connectivity index (χ1v) is 8.88. The smallest absolute Gasteiger partial charge is 0.449 e. The highest BCUT2D eigenvalue weighted by molar-refractivity contribution is 6.31. The number of halogens is 4. The molecule has 0 aliphatic rings. The Labute approximate surface area is 173 Å². The molecule has 1 amide bonds. The number of aromatic nitrogens is 2. The Morgan fingerprint density at radius 2 is 1.93 bits per heavy atom. The predicted molar refractivity (Wildman–Crippen MR) is 102 cm³/mol. The van der Waals surface area contributed by atoms with Crippen LogP contribution in [-0.2, 0) is 27.0 Å². The van der Waals surface area contributed by atoms with Gasteiger partial charge in [0, 0.05) is 5.02 Å². The number of fused-ring (bicyclic) bond motifs is 1. The zero-order valence-electron chi connectivity index (χ0n) is 15.5. The molecule has 158 valence electrons. The van der Waals surface area contributed by atoms with Gasteiger partial charge in [0.2, 0.25) is 5.82 Å². The Morgan fingerprint density at radius 3 is 2.63 bits per heavy atom. The normalized spacial score (nSPS) is 11.4. The van der Waals surface area contributed by atoms with Crippen molar-refractivity contribution in [2.24, 2.45) is 0 Å². The summed E-state index contributed by atoms with van der Waals surface area (Å²) in [4.78, 5) is 27.7. The molecule has 1 aromatic heterocycles. The van der Waals surface area contributed by atoms with E-state index in [1.165, 1.54) is 43.5 Å². The van der Waals surface area contributed by atoms with Gasteiger partial charge in [0.25, 0.3) is 5.91 Å². The van der Waals surface area contributed by atoms with Gasteiger partial charge in [-0.3, -0.25) is 9.59 Å². The van der Waals surface area contributed by atoms with Gasteiger partial charge < -0.3 is 19.4 Å². The number of carbonyl (C=O) groups is 2. The van der Waals surface area contributed by atoms with Crippen LogP contribution < -0.4 is 10.1 Å². The predicted octanol–water partition coefficient (Wildman–Crippen LogP) is 3.90. The summed E-state index contributed by atoms with van der Waals surface area (Å²) in [5.41, 5.74) is 0.462. The molecule has 0 aliphatic heterocycles. The SMILES string of the molecule is COc1ccc(Cl)cc1NC(=O)COC(=O)Cn1c(C(F)(F)F)nc2ccccc21. The minimum Gasteiger partial charge on any atom is -0.495 e. The number of hydrogen-bond donors (Lipinski definition) is 1. The summed E-state index contributed by atoms with van der Waals surface area (Å²) in [7, 11) is 1.40. The minimum absolute atomic E-state index is 0.0865. The molecular formula is C19H15ClF3N3O4. The molecule has 0 spiro atoms. The second kappa shape index (κ2) is 8.62. The van der Waals surface area contributed by atoms with Gasteiger partial charge >= 0.3 is 12.1 Å². The number of nitrogens with one attached hydrogen (secondary N) is 1. The van der Waals surface area contributed by atoms with Crippen molar-refractivity contribution in [1.29, 1.82) is 0 Å². The van der Waals surface area contributed by atoms with Crippen molar-refractivity contribution < 1.29 is 32.2 Å². The second-order valence-electron chi connectivity index (χ2n) is 6.06. The van der Waals surface area contributed by atoms with Crippen LogP contribution in [0.15, 0.2) is 42.5 Å². The molecule has 0 bridgehead atoms. The van der Waals surface area contributed by atoms with Crippen molar-refractivity contribution >= 4 is 40.2 Å². The van der Waals surface area contributed by atoms with E-state index in [9.17, 15) is 22.8 Å². The van der Waals surface area contributed by atoms with E-state index in [4.69, 9.17) is 21.1 Å². The molecule has 1 N–H and O–H groups in total. The Balaban J connectivity index is 1.68. The first kappa shape index (κ1) is 21.4.